The summed E-state index contributed by atoms with van der Waals surface area (Å²) in [6.07, 6.45) is 3.33. The van der Waals surface area contributed by atoms with Crippen LogP contribution in [0.25, 0.3) is 22.1 Å². The molecule has 2 N–H and O–H groups in total. The highest BCUT2D eigenvalue weighted by Crippen LogP contribution is 2.30. The highest BCUT2D eigenvalue weighted by Gasteiger charge is 2.12. The van der Waals surface area contributed by atoms with E-state index in [1.165, 1.54) is 0 Å². The number of thiocarbonyl (C=S) groups is 1. The van der Waals surface area contributed by atoms with Gasteiger partial charge in [0.15, 0.2) is 5.11 Å². The number of benzene rings is 2. The molecule has 1 heterocycles. The van der Waals surface area contributed by atoms with Crippen LogP contribution in [0.4, 0.5) is 5.69 Å². The lowest BCUT2D eigenvalue weighted by Crippen LogP contribution is -2.33. The lowest BCUT2D eigenvalue weighted by atomic mass is 10.1. The topological polar surface area (TPSA) is 71.3 Å². The summed E-state index contributed by atoms with van der Waals surface area (Å²) >= 11 is 11.6. The van der Waals surface area contributed by atoms with Crippen molar-refractivity contribution >= 4 is 51.5 Å². The number of nitrogens with one attached hydrogen (secondary N) is 2. The number of hydrogen-bond donors (Lipinski definition) is 2. The van der Waals surface area contributed by atoms with Gasteiger partial charge in [-0.2, -0.15) is 0 Å². The number of amides is 1. The van der Waals surface area contributed by atoms with Crippen molar-refractivity contribution in [2.45, 2.75) is 32.6 Å². The quantitative estimate of drug-likeness (QED) is 0.308. The molecule has 5 nitrogen and oxygen atoms in total. The van der Waals surface area contributed by atoms with E-state index in [2.05, 4.69) is 17.6 Å². The molecule has 3 aromatic rings. The molecule has 7 heteroatoms. The SMILES string of the molecule is CCCCCC(=O)NC(=S)Nc1ccc(-c2cc3ccccc3oc2=O)c(Cl)c1. The fourth-order valence-corrected chi connectivity index (χ4v) is 3.46. The second-order valence-corrected chi connectivity index (χ2v) is 7.45. The maximum absolute atomic E-state index is 12.4. The lowest BCUT2D eigenvalue weighted by Gasteiger charge is -2.11. The average molecular weight is 429 g/mol. The number of hydrogen-bond acceptors (Lipinski definition) is 4. The molecule has 0 spiro atoms. The predicted molar refractivity (Wildman–Crippen MR) is 121 cm³/mol. The van der Waals surface area contributed by atoms with Gasteiger partial charge in [0.2, 0.25) is 5.91 Å². The third kappa shape index (κ3) is 5.43. The third-order valence-corrected chi connectivity index (χ3v) is 4.94. The van der Waals surface area contributed by atoms with Crippen LogP contribution in [0.1, 0.15) is 32.6 Å². The molecule has 1 aromatic heterocycles. The van der Waals surface area contributed by atoms with E-state index in [1.54, 1.807) is 30.3 Å². The van der Waals surface area contributed by atoms with Crippen LogP contribution in [0.5, 0.6) is 0 Å². The van der Waals surface area contributed by atoms with Crippen LogP contribution in [0.15, 0.2) is 57.7 Å². The van der Waals surface area contributed by atoms with E-state index >= 15 is 0 Å². The molecule has 0 bridgehead atoms. The molecule has 1 amide bonds. The van der Waals surface area contributed by atoms with Crippen molar-refractivity contribution in [3.05, 3.63) is 64.0 Å². The van der Waals surface area contributed by atoms with Gasteiger partial charge < -0.3 is 15.1 Å². The van der Waals surface area contributed by atoms with Gasteiger partial charge in [-0.15, -0.1) is 0 Å². The van der Waals surface area contributed by atoms with Gasteiger partial charge >= 0.3 is 5.63 Å². The highest BCUT2D eigenvalue weighted by atomic mass is 35.5. The summed E-state index contributed by atoms with van der Waals surface area (Å²) in [5.41, 5.74) is 1.62. The predicted octanol–water partition coefficient (Wildman–Crippen LogP) is 5.51. The van der Waals surface area contributed by atoms with Gasteiger partial charge in [0.25, 0.3) is 0 Å². The Kier molecular flexibility index (Phi) is 7.01. The first-order valence-electron chi connectivity index (χ1n) is 9.41. The van der Waals surface area contributed by atoms with Crippen LogP contribution in [0.3, 0.4) is 0 Å². The van der Waals surface area contributed by atoms with E-state index in [-0.39, 0.29) is 11.0 Å². The van der Waals surface area contributed by atoms with Crippen molar-refractivity contribution in [1.29, 1.82) is 0 Å². The Morgan fingerprint density at radius 2 is 1.90 bits per heavy atom. The second-order valence-electron chi connectivity index (χ2n) is 6.64. The maximum Gasteiger partial charge on any atom is 0.344 e. The van der Waals surface area contributed by atoms with Crippen LogP contribution in [0, 0.1) is 0 Å². The Hall–Kier alpha value is -2.70. The number of carbonyl (C=O) groups is 1. The summed E-state index contributed by atoms with van der Waals surface area (Å²) in [4.78, 5) is 24.2. The zero-order chi connectivity index (χ0) is 20.8. The van der Waals surface area contributed by atoms with Gasteiger partial charge in [-0.1, -0.05) is 55.6 Å². The van der Waals surface area contributed by atoms with E-state index in [0.29, 0.717) is 33.8 Å². The van der Waals surface area contributed by atoms with Crippen LogP contribution in [0.2, 0.25) is 5.02 Å². The Labute approximate surface area is 179 Å². The van der Waals surface area contributed by atoms with Crippen LogP contribution in [-0.2, 0) is 4.79 Å². The number of fused-ring (bicyclic) bond motifs is 1. The molecular weight excluding hydrogens is 408 g/mol. The number of halogens is 1. The van der Waals surface area contributed by atoms with Gasteiger partial charge in [0.1, 0.15) is 5.58 Å². The molecule has 0 fully saturated rings. The molecule has 2 aromatic carbocycles. The highest BCUT2D eigenvalue weighted by molar-refractivity contribution is 7.80. The molecule has 0 aliphatic rings. The van der Waals surface area contributed by atoms with Crippen molar-refractivity contribution in [2.24, 2.45) is 0 Å². The number of anilines is 1. The Morgan fingerprint density at radius 3 is 2.66 bits per heavy atom. The smallest absolute Gasteiger partial charge is 0.344 e. The number of unbranched alkanes of at least 4 members (excludes halogenated alkanes) is 2. The molecule has 150 valence electrons. The number of carbonyl (C=O) groups excluding carboxylic acids is 1. The lowest BCUT2D eigenvalue weighted by molar-refractivity contribution is -0.119. The molecule has 0 radical (unpaired) electrons. The summed E-state index contributed by atoms with van der Waals surface area (Å²) in [5, 5.41) is 6.99. The van der Waals surface area contributed by atoms with Crippen molar-refractivity contribution < 1.29 is 9.21 Å². The van der Waals surface area contributed by atoms with E-state index in [0.717, 1.165) is 24.6 Å². The fraction of sp³-hybridized carbons (Fsp3) is 0.227. The summed E-state index contributed by atoms with van der Waals surface area (Å²) in [6, 6.07) is 14.2. The summed E-state index contributed by atoms with van der Waals surface area (Å²) in [6.45, 7) is 2.08. The molecule has 0 atom stereocenters. The largest absolute Gasteiger partial charge is 0.422 e. The summed E-state index contributed by atoms with van der Waals surface area (Å²) in [5.74, 6) is -0.118. The summed E-state index contributed by atoms with van der Waals surface area (Å²) in [7, 11) is 0. The molecule has 0 saturated carbocycles. The van der Waals surface area contributed by atoms with Gasteiger partial charge in [-0.05, 0) is 42.9 Å². The maximum atomic E-state index is 12.4. The molecule has 0 aliphatic carbocycles. The minimum absolute atomic E-state index is 0.118. The van der Waals surface area contributed by atoms with Crippen molar-refractivity contribution in [3.63, 3.8) is 0 Å². The van der Waals surface area contributed by atoms with Crippen molar-refractivity contribution in [2.75, 3.05) is 5.32 Å². The zero-order valence-corrected chi connectivity index (χ0v) is 17.5. The molecular formula is C22H21ClN2O3S. The first-order chi connectivity index (χ1) is 14.0. The minimum Gasteiger partial charge on any atom is -0.422 e. The number of rotatable bonds is 6. The van der Waals surface area contributed by atoms with E-state index < -0.39 is 5.63 Å². The first-order valence-corrected chi connectivity index (χ1v) is 10.2. The van der Waals surface area contributed by atoms with Gasteiger partial charge in [0, 0.05) is 23.1 Å². The van der Waals surface area contributed by atoms with Gasteiger partial charge in [0.05, 0.1) is 10.6 Å². The molecule has 29 heavy (non-hydrogen) atoms. The Bertz CT molecular complexity index is 1110. The van der Waals surface area contributed by atoms with Crippen LogP contribution < -0.4 is 16.3 Å². The van der Waals surface area contributed by atoms with Gasteiger partial charge in [-0.25, -0.2) is 4.79 Å². The molecule has 0 unspecified atom stereocenters. The van der Waals surface area contributed by atoms with Crippen molar-refractivity contribution in [1.82, 2.24) is 5.32 Å². The summed E-state index contributed by atoms with van der Waals surface area (Å²) < 4.78 is 5.38. The third-order valence-electron chi connectivity index (χ3n) is 4.42. The van der Waals surface area contributed by atoms with Gasteiger partial charge in [-0.3, -0.25) is 4.79 Å². The zero-order valence-electron chi connectivity index (χ0n) is 16.0. The fourth-order valence-electron chi connectivity index (χ4n) is 2.95. The van der Waals surface area contributed by atoms with Crippen molar-refractivity contribution in [3.8, 4) is 11.1 Å². The van der Waals surface area contributed by atoms with Crippen LogP contribution >= 0.6 is 23.8 Å². The van der Waals surface area contributed by atoms with E-state index in [9.17, 15) is 9.59 Å². The minimum atomic E-state index is -0.457. The van der Waals surface area contributed by atoms with E-state index in [1.807, 2.05) is 18.2 Å². The second kappa shape index (κ2) is 9.67. The average Bonchev–Trinajstić information content (AvgIpc) is 2.68. The van der Waals surface area contributed by atoms with E-state index in [4.69, 9.17) is 28.2 Å². The molecule has 0 aliphatic heterocycles. The standard InChI is InChI=1S/C22H21ClN2O3S/c1-2-3-4-9-20(26)25-22(29)24-15-10-11-16(18(23)13-15)17-12-14-7-5-6-8-19(14)28-21(17)27/h5-8,10-13H,2-4,9H2,1H3,(H2,24,25,26,29). The molecule has 3 rings (SSSR count). The monoisotopic (exact) mass is 428 g/mol. The molecule has 0 saturated heterocycles. The van der Waals surface area contributed by atoms with Crippen LogP contribution in [-0.4, -0.2) is 11.0 Å². The Balaban J connectivity index is 1.74. The first kappa shape index (κ1) is 21.0. The number of para-hydroxylation sites is 1. The normalized spacial score (nSPS) is 10.7. The Morgan fingerprint density at radius 1 is 1.10 bits per heavy atom.